The summed E-state index contributed by atoms with van der Waals surface area (Å²) in [7, 11) is 0. The fourth-order valence-electron chi connectivity index (χ4n) is 1.83. The molecule has 2 N–H and O–H groups in total. The summed E-state index contributed by atoms with van der Waals surface area (Å²) in [4.78, 5) is 0. The third-order valence-corrected chi connectivity index (χ3v) is 3.86. The van der Waals surface area contributed by atoms with Gasteiger partial charge in [-0.3, -0.25) is 0 Å². The van der Waals surface area contributed by atoms with Gasteiger partial charge in [0.2, 0.25) is 0 Å². The molecule has 94 valence electrons. The van der Waals surface area contributed by atoms with Crippen molar-refractivity contribution >= 4 is 27.5 Å². The third kappa shape index (κ3) is 2.58. The third-order valence-electron chi connectivity index (χ3n) is 2.85. The standard InChI is InChI=1S/C14H12BrClFN/c1-8-3-2-4-10(13(8)16)14(18)11-7-9(15)5-6-12(11)17/h2-7,14H,18H2,1H3. The molecular formula is C14H12BrClFN. The monoisotopic (exact) mass is 327 g/mol. The van der Waals surface area contributed by atoms with Crippen molar-refractivity contribution in [2.75, 3.05) is 0 Å². The topological polar surface area (TPSA) is 26.0 Å². The Morgan fingerprint density at radius 1 is 1.22 bits per heavy atom. The van der Waals surface area contributed by atoms with Crippen LogP contribution < -0.4 is 5.73 Å². The van der Waals surface area contributed by atoms with E-state index < -0.39 is 6.04 Å². The molecule has 2 aromatic rings. The minimum absolute atomic E-state index is 0.330. The molecule has 4 heteroatoms. The molecular weight excluding hydrogens is 317 g/mol. The van der Waals surface area contributed by atoms with Crippen LogP contribution in [0.4, 0.5) is 4.39 Å². The summed E-state index contributed by atoms with van der Waals surface area (Å²) < 4.78 is 14.6. The Bertz CT molecular complexity index is 584. The summed E-state index contributed by atoms with van der Waals surface area (Å²) in [5, 5.41) is 0.587. The van der Waals surface area contributed by atoms with E-state index in [1.54, 1.807) is 12.1 Å². The van der Waals surface area contributed by atoms with Crippen LogP contribution in [-0.4, -0.2) is 0 Å². The molecule has 0 radical (unpaired) electrons. The maximum absolute atomic E-state index is 13.8. The van der Waals surface area contributed by atoms with E-state index in [1.165, 1.54) is 6.07 Å². The normalized spacial score (nSPS) is 12.5. The SMILES string of the molecule is Cc1cccc(C(N)c2cc(Br)ccc2F)c1Cl. The number of halogens is 3. The lowest BCUT2D eigenvalue weighted by Gasteiger charge is -2.16. The zero-order chi connectivity index (χ0) is 13.3. The minimum Gasteiger partial charge on any atom is -0.320 e. The van der Waals surface area contributed by atoms with Gasteiger partial charge < -0.3 is 5.73 Å². The van der Waals surface area contributed by atoms with Gasteiger partial charge in [-0.2, -0.15) is 0 Å². The zero-order valence-electron chi connectivity index (χ0n) is 9.75. The van der Waals surface area contributed by atoms with Crippen molar-refractivity contribution in [2.24, 2.45) is 5.73 Å². The van der Waals surface area contributed by atoms with Crippen LogP contribution in [0.25, 0.3) is 0 Å². The van der Waals surface area contributed by atoms with Crippen molar-refractivity contribution in [2.45, 2.75) is 13.0 Å². The molecule has 0 spiro atoms. The molecule has 1 nitrogen and oxygen atoms in total. The molecule has 1 atom stereocenters. The molecule has 0 bridgehead atoms. The molecule has 0 amide bonds. The first-order chi connectivity index (χ1) is 8.50. The van der Waals surface area contributed by atoms with Crippen LogP contribution in [0.5, 0.6) is 0 Å². The molecule has 0 aliphatic carbocycles. The van der Waals surface area contributed by atoms with Gasteiger partial charge in [0.15, 0.2) is 0 Å². The van der Waals surface area contributed by atoms with Gasteiger partial charge in [-0.25, -0.2) is 4.39 Å². The second-order valence-corrected chi connectivity index (χ2v) is 5.42. The van der Waals surface area contributed by atoms with Gasteiger partial charge in [0, 0.05) is 15.1 Å². The van der Waals surface area contributed by atoms with Crippen molar-refractivity contribution in [1.82, 2.24) is 0 Å². The summed E-state index contributed by atoms with van der Waals surface area (Å²) in [5.74, 6) is -0.330. The molecule has 1 unspecified atom stereocenters. The van der Waals surface area contributed by atoms with Crippen molar-refractivity contribution < 1.29 is 4.39 Å². The lowest BCUT2D eigenvalue weighted by atomic mass is 9.97. The van der Waals surface area contributed by atoms with Crippen molar-refractivity contribution in [1.29, 1.82) is 0 Å². The van der Waals surface area contributed by atoms with Crippen molar-refractivity contribution in [3.8, 4) is 0 Å². The van der Waals surface area contributed by atoms with Crippen molar-refractivity contribution in [3.05, 3.63) is 68.4 Å². The van der Waals surface area contributed by atoms with E-state index in [9.17, 15) is 4.39 Å². The van der Waals surface area contributed by atoms with Gasteiger partial charge >= 0.3 is 0 Å². The second-order valence-electron chi connectivity index (χ2n) is 4.12. The Labute approximate surface area is 119 Å². The highest BCUT2D eigenvalue weighted by atomic mass is 79.9. The van der Waals surface area contributed by atoms with Crippen LogP contribution in [0.1, 0.15) is 22.7 Å². The summed E-state index contributed by atoms with van der Waals surface area (Å²) in [6.07, 6.45) is 0. The molecule has 0 aliphatic rings. The summed E-state index contributed by atoms with van der Waals surface area (Å²) in [6, 6.07) is 9.72. The van der Waals surface area contributed by atoms with Crippen molar-refractivity contribution in [3.63, 3.8) is 0 Å². The fourth-order valence-corrected chi connectivity index (χ4v) is 2.45. The number of rotatable bonds is 2. The van der Waals surface area contributed by atoms with Gasteiger partial charge in [-0.05, 0) is 36.2 Å². The molecule has 0 heterocycles. The Kier molecular flexibility index (Phi) is 4.05. The van der Waals surface area contributed by atoms with E-state index in [1.807, 2.05) is 25.1 Å². The van der Waals surface area contributed by atoms with Crippen LogP contribution >= 0.6 is 27.5 Å². The van der Waals surface area contributed by atoms with E-state index in [2.05, 4.69) is 15.9 Å². The first kappa shape index (κ1) is 13.5. The molecule has 2 rings (SSSR count). The maximum atomic E-state index is 13.8. The highest BCUT2D eigenvalue weighted by Crippen LogP contribution is 2.31. The van der Waals surface area contributed by atoms with Crippen LogP contribution in [0.2, 0.25) is 5.02 Å². The van der Waals surface area contributed by atoms with E-state index in [0.29, 0.717) is 10.6 Å². The Morgan fingerprint density at radius 2 is 1.94 bits per heavy atom. The Hall–Kier alpha value is -0.900. The molecule has 0 aromatic heterocycles. The summed E-state index contributed by atoms with van der Waals surface area (Å²) in [6.45, 7) is 1.90. The second kappa shape index (κ2) is 5.39. The molecule has 0 fully saturated rings. The first-order valence-corrected chi connectivity index (χ1v) is 6.63. The summed E-state index contributed by atoms with van der Waals surface area (Å²) >= 11 is 9.53. The zero-order valence-corrected chi connectivity index (χ0v) is 12.1. The van der Waals surface area contributed by atoms with E-state index in [0.717, 1.165) is 15.6 Å². The molecule has 0 aliphatic heterocycles. The molecule has 2 aromatic carbocycles. The molecule has 0 saturated heterocycles. The van der Waals surface area contributed by atoms with Gasteiger partial charge in [0.05, 0.1) is 6.04 Å². The lowest BCUT2D eigenvalue weighted by Crippen LogP contribution is -2.14. The fraction of sp³-hybridized carbons (Fsp3) is 0.143. The van der Waals surface area contributed by atoms with E-state index in [4.69, 9.17) is 17.3 Å². The highest BCUT2D eigenvalue weighted by molar-refractivity contribution is 9.10. The predicted molar refractivity (Wildman–Crippen MR) is 76.3 cm³/mol. The van der Waals surface area contributed by atoms with Gasteiger partial charge in [-0.15, -0.1) is 0 Å². The number of aryl methyl sites for hydroxylation is 1. The largest absolute Gasteiger partial charge is 0.320 e. The smallest absolute Gasteiger partial charge is 0.128 e. The number of hydrogen-bond donors (Lipinski definition) is 1. The predicted octanol–water partition coefficient (Wildman–Crippen LogP) is 4.60. The van der Waals surface area contributed by atoms with Crippen LogP contribution in [0, 0.1) is 12.7 Å². The quantitative estimate of drug-likeness (QED) is 0.856. The van der Waals surface area contributed by atoms with Gasteiger partial charge in [-0.1, -0.05) is 45.7 Å². The van der Waals surface area contributed by atoms with E-state index in [-0.39, 0.29) is 5.82 Å². The molecule has 18 heavy (non-hydrogen) atoms. The lowest BCUT2D eigenvalue weighted by molar-refractivity contribution is 0.599. The number of hydrogen-bond acceptors (Lipinski definition) is 1. The summed E-state index contributed by atoms with van der Waals surface area (Å²) in [5.41, 5.74) is 8.20. The first-order valence-electron chi connectivity index (χ1n) is 5.46. The Balaban J connectivity index is 2.51. The Morgan fingerprint density at radius 3 is 2.67 bits per heavy atom. The highest BCUT2D eigenvalue weighted by Gasteiger charge is 2.17. The van der Waals surface area contributed by atoms with Gasteiger partial charge in [0.1, 0.15) is 5.82 Å². The number of nitrogens with two attached hydrogens (primary N) is 1. The molecule has 0 saturated carbocycles. The van der Waals surface area contributed by atoms with Gasteiger partial charge in [0.25, 0.3) is 0 Å². The maximum Gasteiger partial charge on any atom is 0.128 e. The minimum atomic E-state index is -0.574. The van der Waals surface area contributed by atoms with Crippen LogP contribution in [-0.2, 0) is 0 Å². The van der Waals surface area contributed by atoms with E-state index >= 15 is 0 Å². The average molecular weight is 329 g/mol. The van der Waals surface area contributed by atoms with Crippen LogP contribution in [0.15, 0.2) is 40.9 Å². The average Bonchev–Trinajstić information content (AvgIpc) is 2.35. The van der Waals surface area contributed by atoms with Crippen LogP contribution in [0.3, 0.4) is 0 Å². The number of benzene rings is 2.